The maximum Gasteiger partial charge on any atom is 0.306 e. The van der Waals surface area contributed by atoms with Gasteiger partial charge in [0, 0.05) is 19.3 Å². The molecule has 6 heteroatoms. The summed E-state index contributed by atoms with van der Waals surface area (Å²) in [4.78, 5) is 38.4. The number of carbonyl (C=O) groups is 3. The molecule has 0 saturated heterocycles. The molecule has 0 aromatic rings. The van der Waals surface area contributed by atoms with Gasteiger partial charge in [-0.05, 0) is 103 Å². The maximum absolute atomic E-state index is 12.9. The van der Waals surface area contributed by atoms with Crippen LogP contribution in [0.5, 0.6) is 0 Å². The monoisotopic (exact) mass is 1110 g/mol. The van der Waals surface area contributed by atoms with Crippen molar-refractivity contribution in [2.24, 2.45) is 0 Å². The minimum Gasteiger partial charge on any atom is -0.462 e. The fourth-order valence-electron chi connectivity index (χ4n) is 10.2. The lowest BCUT2D eigenvalue weighted by Gasteiger charge is -2.18. The maximum atomic E-state index is 12.9. The van der Waals surface area contributed by atoms with Gasteiger partial charge in [-0.3, -0.25) is 14.4 Å². The van der Waals surface area contributed by atoms with Crippen molar-refractivity contribution >= 4 is 17.9 Å². The van der Waals surface area contributed by atoms with E-state index in [4.69, 9.17) is 14.2 Å². The van der Waals surface area contributed by atoms with E-state index in [0.29, 0.717) is 19.3 Å². The van der Waals surface area contributed by atoms with E-state index in [1.165, 1.54) is 238 Å². The molecule has 0 rings (SSSR count). The van der Waals surface area contributed by atoms with E-state index in [2.05, 4.69) is 81.5 Å². The van der Waals surface area contributed by atoms with Gasteiger partial charge in [-0.15, -0.1) is 0 Å². The summed E-state index contributed by atoms with van der Waals surface area (Å²) in [6.07, 6.45) is 86.7. The smallest absolute Gasteiger partial charge is 0.306 e. The lowest BCUT2D eigenvalue weighted by Crippen LogP contribution is -2.30. The Hall–Kier alpha value is -2.89. The van der Waals surface area contributed by atoms with E-state index >= 15 is 0 Å². The molecule has 0 fully saturated rings. The Morgan fingerprint density at radius 1 is 0.253 bits per heavy atom. The minimum atomic E-state index is -0.781. The third-order valence-corrected chi connectivity index (χ3v) is 15.4. The zero-order valence-electron chi connectivity index (χ0n) is 52.9. The number of esters is 3. The molecule has 1 unspecified atom stereocenters. The number of carbonyl (C=O) groups excluding carboxylic acids is 3. The van der Waals surface area contributed by atoms with Crippen LogP contribution in [0.1, 0.15) is 367 Å². The van der Waals surface area contributed by atoms with Crippen LogP contribution < -0.4 is 0 Å². The van der Waals surface area contributed by atoms with Crippen LogP contribution in [-0.4, -0.2) is 37.2 Å². The first-order valence-electron chi connectivity index (χ1n) is 34.8. The minimum absolute atomic E-state index is 0.0768. The van der Waals surface area contributed by atoms with Crippen LogP contribution in [0.4, 0.5) is 0 Å². The molecule has 0 heterocycles. The summed E-state index contributed by atoms with van der Waals surface area (Å²) < 4.78 is 17.0. The van der Waals surface area contributed by atoms with E-state index in [-0.39, 0.29) is 31.1 Å². The van der Waals surface area contributed by atoms with Gasteiger partial charge in [-0.2, -0.15) is 0 Å². The number of ether oxygens (including phenoxy) is 3. The lowest BCUT2D eigenvalue weighted by atomic mass is 10.0. The first kappa shape index (κ1) is 76.1. The van der Waals surface area contributed by atoms with Crippen molar-refractivity contribution in [2.75, 3.05) is 13.2 Å². The normalized spacial score (nSPS) is 12.4. The molecule has 0 aromatic heterocycles. The topological polar surface area (TPSA) is 78.9 Å². The number of unbranched alkanes of at least 4 members (excludes halogenated alkanes) is 43. The predicted molar refractivity (Wildman–Crippen MR) is 344 cm³/mol. The van der Waals surface area contributed by atoms with E-state index in [1.807, 2.05) is 0 Å². The summed E-state index contributed by atoms with van der Waals surface area (Å²) in [5, 5.41) is 0. The Balaban J connectivity index is 4.26. The van der Waals surface area contributed by atoms with Crippen molar-refractivity contribution in [2.45, 2.75) is 374 Å². The first-order chi connectivity index (χ1) is 39.0. The molecule has 0 saturated carbocycles. The SMILES string of the molecule is CCC/C=C\C/C=C\CCCCCCCC(=O)OCC(COC(=O)CCCCCCCCCCCCCCC/C=C\C/C=C\CCCCCCC)OC(=O)CCCCCCCCCCCCC/C=C\CCCCCCCCCC. The van der Waals surface area contributed by atoms with E-state index in [0.717, 1.165) is 89.9 Å². The summed E-state index contributed by atoms with van der Waals surface area (Å²) >= 11 is 0. The summed E-state index contributed by atoms with van der Waals surface area (Å²) in [7, 11) is 0. The Morgan fingerprint density at radius 2 is 0.481 bits per heavy atom. The largest absolute Gasteiger partial charge is 0.462 e. The van der Waals surface area contributed by atoms with Gasteiger partial charge in [0.2, 0.25) is 0 Å². The molecule has 460 valence electrons. The number of rotatable bonds is 64. The van der Waals surface area contributed by atoms with E-state index < -0.39 is 6.10 Å². The Kier molecular flexibility index (Phi) is 65.1. The van der Waals surface area contributed by atoms with Gasteiger partial charge >= 0.3 is 17.9 Å². The van der Waals surface area contributed by atoms with Gasteiger partial charge in [-0.1, -0.05) is 306 Å². The summed E-state index contributed by atoms with van der Waals surface area (Å²) in [5.41, 5.74) is 0. The van der Waals surface area contributed by atoms with Gasteiger partial charge in [0.1, 0.15) is 13.2 Å². The molecule has 0 spiro atoms. The molecular formula is C73H132O6. The predicted octanol–water partition coefficient (Wildman–Crippen LogP) is 23.9. The quantitative estimate of drug-likeness (QED) is 0.0261. The fourth-order valence-corrected chi connectivity index (χ4v) is 10.2. The van der Waals surface area contributed by atoms with Gasteiger partial charge in [-0.25, -0.2) is 0 Å². The molecule has 0 amide bonds. The first-order valence-corrected chi connectivity index (χ1v) is 34.8. The molecular weight excluding hydrogens is 973 g/mol. The van der Waals surface area contributed by atoms with Crippen molar-refractivity contribution in [1.29, 1.82) is 0 Å². The molecule has 0 radical (unpaired) electrons. The molecule has 0 aliphatic carbocycles. The Bertz CT molecular complexity index is 1410. The second kappa shape index (κ2) is 67.6. The highest BCUT2D eigenvalue weighted by Gasteiger charge is 2.19. The molecule has 6 nitrogen and oxygen atoms in total. The highest BCUT2D eigenvalue weighted by Crippen LogP contribution is 2.17. The molecule has 0 aromatic carbocycles. The van der Waals surface area contributed by atoms with Crippen LogP contribution in [0.15, 0.2) is 60.8 Å². The fraction of sp³-hybridized carbons (Fsp3) is 0.822. The number of allylic oxidation sites excluding steroid dienone is 10. The molecule has 0 aliphatic heterocycles. The highest BCUT2D eigenvalue weighted by molar-refractivity contribution is 5.71. The molecule has 79 heavy (non-hydrogen) atoms. The summed E-state index contributed by atoms with van der Waals surface area (Å²) in [6, 6.07) is 0. The van der Waals surface area contributed by atoms with Crippen molar-refractivity contribution in [3.8, 4) is 0 Å². The third-order valence-electron chi connectivity index (χ3n) is 15.4. The average molecular weight is 1110 g/mol. The molecule has 1 atom stereocenters. The highest BCUT2D eigenvalue weighted by atomic mass is 16.6. The molecule has 0 bridgehead atoms. The Labute approximate surface area is 491 Å². The van der Waals surface area contributed by atoms with Crippen molar-refractivity contribution in [1.82, 2.24) is 0 Å². The van der Waals surface area contributed by atoms with Crippen LogP contribution >= 0.6 is 0 Å². The van der Waals surface area contributed by atoms with Crippen molar-refractivity contribution in [3.05, 3.63) is 60.8 Å². The van der Waals surface area contributed by atoms with Gasteiger partial charge in [0.25, 0.3) is 0 Å². The van der Waals surface area contributed by atoms with Crippen LogP contribution in [0.2, 0.25) is 0 Å². The van der Waals surface area contributed by atoms with Crippen molar-refractivity contribution in [3.63, 3.8) is 0 Å². The molecule has 0 aliphatic rings. The summed E-state index contributed by atoms with van der Waals surface area (Å²) in [6.45, 7) is 6.61. The average Bonchev–Trinajstić information content (AvgIpc) is 3.45. The van der Waals surface area contributed by atoms with Crippen LogP contribution in [0.3, 0.4) is 0 Å². The van der Waals surface area contributed by atoms with Gasteiger partial charge in [0.05, 0.1) is 0 Å². The number of hydrogen-bond acceptors (Lipinski definition) is 6. The second-order valence-corrected chi connectivity index (χ2v) is 23.4. The number of hydrogen-bond donors (Lipinski definition) is 0. The van der Waals surface area contributed by atoms with E-state index in [1.54, 1.807) is 0 Å². The third kappa shape index (κ3) is 65.8. The summed E-state index contributed by atoms with van der Waals surface area (Å²) in [5.74, 6) is -0.872. The standard InChI is InChI=1S/C73H132O6/c1-4-7-10-13-16-19-22-25-27-29-31-33-35-36-38-39-41-43-45-48-51-54-57-60-63-66-72(75)78-69-70(68-77-71(74)65-62-59-56-53-50-47-24-21-18-15-12-9-6-3)79-73(76)67-64-61-58-55-52-49-46-44-42-40-37-34-32-30-28-26-23-20-17-14-11-8-5-2/h12,15,21-22,24-25,29-32,70H,4-11,13-14,16-20,23,26-28,33-69H2,1-3H3/b15-12-,24-21-,25-22-,31-29-,32-30-. The zero-order chi connectivity index (χ0) is 57.1. The molecule has 0 N–H and O–H groups in total. The Morgan fingerprint density at radius 3 is 0.759 bits per heavy atom. The van der Waals surface area contributed by atoms with Crippen molar-refractivity contribution < 1.29 is 28.6 Å². The zero-order valence-corrected chi connectivity index (χ0v) is 52.9. The van der Waals surface area contributed by atoms with Crippen LogP contribution in [0, 0.1) is 0 Å². The van der Waals surface area contributed by atoms with Crippen LogP contribution in [0.25, 0.3) is 0 Å². The van der Waals surface area contributed by atoms with Gasteiger partial charge < -0.3 is 14.2 Å². The van der Waals surface area contributed by atoms with Gasteiger partial charge in [0.15, 0.2) is 6.10 Å². The van der Waals surface area contributed by atoms with E-state index in [9.17, 15) is 14.4 Å². The van der Waals surface area contributed by atoms with Crippen LogP contribution in [-0.2, 0) is 28.6 Å². The second-order valence-electron chi connectivity index (χ2n) is 23.4. The lowest BCUT2D eigenvalue weighted by molar-refractivity contribution is -0.167.